The Hall–Kier alpha value is -0.980. The summed E-state index contributed by atoms with van der Waals surface area (Å²) in [7, 11) is 0. The molecule has 6 heteroatoms. The van der Waals surface area contributed by atoms with Crippen LogP contribution in [0.15, 0.2) is 0 Å². The lowest BCUT2D eigenvalue weighted by Gasteiger charge is -2.17. The van der Waals surface area contributed by atoms with Crippen LogP contribution in [0.5, 0.6) is 0 Å². The zero-order chi connectivity index (χ0) is 9.72. The van der Waals surface area contributed by atoms with Crippen LogP contribution in [0.2, 0.25) is 0 Å². The van der Waals surface area contributed by atoms with Crippen LogP contribution in [0.1, 0.15) is 6.42 Å². The maximum absolute atomic E-state index is 10.0. The average molecular weight is 178 g/mol. The van der Waals surface area contributed by atoms with Crippen molar-refractivity contribution in [3.63, 3.8) is 0 Å². The zero-order valence-corrected chi connectivity index (χ0v) is 6.12. The third-order valence-corrected chi connectivity index (χ3v) is 1.31. The van der Waals surface area contributed by atoms with E-state index in [2.05, 4.69) is 0 Å². The van der Waals surface area contributed by atoms with Gasteiger partial charge in [-0.1, -0.05) is 0 Å². The molecule has 0 rings (SSSR count). The van der Waals surface area contributed by atoms with Crippen LogP contribution in [0.25, 0.3) is 0 Å². The third-order valence-electron chi connectivity index (χ3n) is 1.31. The molecule has 70 valence electrons. The van der Waals surface area contributed by atoms with Gasteiger partial charge in [-0.2, -0.15) is 0 Å². The molecule has 0 aromatic rings. The second-order valence-electron chi connectivity index (χ2n) is 2.24. The van der Waals surface area contributed by atoms with E-state index in [1.165, 1.54) is 0 Å². The maximum atomic E-state index is 10.0. The van der Waals surface area contributed by atoms with Gasteiger partial charge in [-0.15, -0.1) is 0 Å². The molecule has 0 aliphatic heterocycles. The Kier molecular flexibility index (Phi) is 4.42. The first-order chi connectivity index (χ1) is 5.50. The largest absolute Gasteiger partial charge is 0.479 e. The van der Waals surface area contributed by atoms with Gasteiger partial charge >= 0.3 is 5.97 Å². The standard InChI is InChI=1S/C6H10O6/c7-2-1-3(8)4(9)5(10)6(11)12/h2-5,8-10H,1H2,(H,11,12)/t3-,4+,5+/m1/s1. The summed E-state index contributed by atoms with van der Waals surface area (Å²) in [5.74, 6) is -1.65. The highest BCUT2D eigenvalue weighted by molar-refractivity contribution is 5.72. The summed E-state index contributed by atoms with van der Waals surface area (Å²) in [6.45, 7) is 0. The molecule has 6 nitrogen and oxygen atoms in total. The molecule has 0 aliphatic carbocycles. The van der Waals surface area contributed by atoms with Crippen LogP contribution >= 0.6 is 0 Å². The van der Waals surface area contributed by atoms with Gasteiger partial charge in [0.2, 0.25) is 0 Å². The molecular weight excluding hydrogens is 168 g/mol. The van der Waals surface area contributed by atoms with Gasteiger partial charge in [-0.25, -0.2) is 4.79 Å². The molecule has 12 heavy (non-hydrogen) atoms. The van der Waals surface area contributed by atoms with Gasteiger partial charge in [0.25, 0.3) is 0 Å². The first-order valence-corrected chi connectivity index (χ1v) is 3.21. The second kappa shape index (κ2) is 4.81. The van der Waals surface area contributed by atoms with Crippen molar-refractivity contribution in [2.75, 3.05) is 0 Å². The van der Waals surface area contributed by atoms with E-state index < -0.39 is 30.7 Å². The van der Waals surface area contributed by atoms with E-state index >= 15 is 0 Å². The Morgan fingerprint density at radius 2 is 1.83 bits per heavy atom. The van der Waals surface area contributed by atoms with Crippen LogP contribution in [0.4, 0.5) is 0 Å². The first kappa shape index (κ1) is 11.0. The lowest BCUT2D eigenvalue weighted by Crippen LogP contribution is -2.42. The van der Waals surface area contributed by atoms with Gasteiger partial charge in [0.05, 0.1) is 6.10 Å². The number of carboxylic acids is 1. The smallest absolute Gasteiger partial charge is 0.335 e. The van der Waals surface area contributed by atoms with Gasteiger partial charge in [0.1, 0.15) is 12.4 Å². The molecule has 0 bridgehead atoms. The normalized spacial score (nSPS) is 17.9. The van der Waals surface area contributed by atoms with Crippen LogP contribution < -0.4 is 0 Å². The van der Waals surface area contributed by atoms with Crippen LogP contribution in [0.3, 0.4) is 0 Å². The van der Waals surface area contributed by atoms with Crippen LogP contribution in [0, 0.1) is 0 Å². The molecular formula is C6H10O6. The Morgan fingerprint density at radius 1 is 1.33 bits per heavy atom. The summed E-state index contributed by atoms with van der Waals surface area (Å²) in [5.41, 5.74) is 0. The summed E-state index contributed by atoms with van der Waals surface area (Å²) in [6, 6.07) is 0. The van der Waals surface area contributed by atoms with E-state index in [0.717, 1.165) is 0 Å². The van der Waals surface area contributed by atoms with E-state index in [-0.39, 0.29) is 0 Å². The predicted molar refractivity (Wildman–Crippen MR) is 36.3 cm³/mol. The fourth-order valence-electron chi connectivity index (χ4n) is 0.595. The first-order valence-electron chi connectivity index (χ1n) is 3.21. The second-order valence-corrected chi connectivity index (χ2v) is 2.24. The molecule has 4 N–H and O–H groups in total. The SMILES string of the molecule is O=CC[C@@H](O)[C@H](O)[C@H](O)C(=O)O. The molecule has 0 aromatic heterocycles. The van der Waals surface area contributed by atoms with E-state index in [0.29, 0.717) is 6.29 Å². The monoisotopic (exact) mass is 178 g/mol. The number of aliphatic hydroxyl groups excluding tert-OH is 3. The van der Waals surface area contributed by atoms with Crippen molar-refractivity contribution in [3.05, 3.63) is 0 Å². The van der Waals surface area contributed by atoms with Crippen molar-refractivity contribution in [2.24, 2.45) is 0 Å². The molecule has 0 amide bonds. The zero-order valence-electron chi connectivity index (χ0n) is 6.12. The van der Waals surface area contributed by atoms with Crippen molar-refractivity contribution < 1.29 is 30.0 Å². The summed E-state index contributed by atoms with van der Waals surface area (Å²) in [6.07, 6.45) is -5.55. The molecule has 0 unspecified atom stereocenters. The number of aldehydes is 1. The number of aliphatic carboxylic acids is 1. The van der Waals surface area contributed by atoms with Gasteiger partial charge in [-0.3, -0.25) is 0 Å². The molecule has 0 aromatic carbocycles. The van der Waals surface area contributed by atoms with E-state index in [9.17, 15) is 9.59 Å². The number of carboxylic acid groups (broad SMARTS) is 1. The van der Waals surface area contributed by atoms with Crippen LogP contribution in [-0.2, 0) is 9.59 Å². The molecule has 3 atom stereocenters. The van der Waals surface area contributed by atoms with E-state index in [4.69, 9.17) is 20.4 Å². The molecule has 0 saturated heterocycles. The minimum absolute atomic E-state index is 0.322. The van der Waals surface area contributed by atoms with Gasteiger partial charge in [-0.05, 0) is 0 Å². The summed E-state index contributed by atoms with van der Waals surface area (Å²) < 4.78 is 0. The number of carbonyl (C=O) groups is 2. The average Bonchev–Trinajstić information content (AvgIpc) is 2.02. The fourth-order valence-corrected chi connectivity index (χ4v) is 0.595. The molecule has 0 heterocycles. The van der Waals surface area contributed by atoms with Gasteiger partial charge < -0.3 is 25.2 Å². The lowest BCUT2D eigenvalue weighted by molar-refractivity contribution is -0.158. The van der Waals surface area contributed by atoms with Crippen molar-refractivity contribution in [3.8, 4) is 0 Å². The minimum atomic E-state index is -2.07. The Balaban J connectivity index is 4.07. The van der Waals surface area contributed by atoms with Crippen molar-refractivity contribution in [1.29, 1.82) is 0 Å². The lowest BCUT2D eigenvalue weighted by atomic mass is 10.1. The quantitative estimate of drug-likeness (QED) is 0.353. The number of rotatable bonds is 5. The van der Waals surface area contributed by atoms with Crippen molar-refractivity contribution in [2.45, 2.75) is 24.7 Å². The fraction of sp³-hybridized carbons (Fsp3) is 0.667. The predicted octanol–water partition coefficient (Wildman–Crippen LogP) is -2.26. The molecule has 0 spiro atoms. The van der Waals surface area contributed by atoms with E-state index in [1.807, 2.05) is 0 Å². The molecule has 0 fully saturated rings. The number of hydrogen-bond donors (Lipinski definition) is 4. The molecule has 0 saturated carbocycles. The molecule has 0 radical (unpaired) electrons. The van der Waals surface area contributed by atoms with Crippen LogP contribution in [-0.4, -0.2) is 51.0 Å². The number of carbonyl (C=O) groups excluding carboxylic acids is 1. The minimum Gasteiger partial charge on any atom is -0.479 e. The van der Waals surface area contributed by atoms with Crippen molar-refractivity contribution in [1.82, 2.24) is 0 Å². The van der Waals surface area contributed by atoms with Crippen molar-refractivity contribution >= 4 is 12.3 Å². The van der Waals surface area contributed by atoms with Gasteiger partial charge in [0.15, 0.2) is 6.10 Å². The Labute approximate surface area is 68.1 Å². The highest BCUT2D eigenvalue weighted by Gasteiger charge is 2.29. The summed E-state index contributed by atoms with van der Waals surface area (Å²) in [4.78, 5) is 19.9. The van der Waals surface area contributed by atoms with E-state index in [1.54, 1.807) is 0 Å². The Morgan fingerprint density at radius 3 is 2.17 bits per heavy atom. The maximum Gasteiger partial charge on any atom is 0.335 e. The third kappa shape index (κ3) is 2.95. The number of aliphatic hydroxyl groups is 3. The summed E-state index contributed by atoms with van der Waals surface area (Å²) in [5, 5.41) is 34.5. The van der Waals surface area contributed by atoms with Gasteiger partial charge in [0, 0.05) is 6.42 Å². The topological polar surface area (TPSA) is 115 Å². The highest BCUT2D eigenvalue weighted by Crippen LogP contribution is 2.02. The summed E-state index contributed by atoms with van der Waals surface area (Å²) >= 11 is 0. The Bertz CT molecular complexity index is 167. The number of hydrogen-bond acceptors (Lipinski definition) is 5. The molecule has 0 aliphatic rings. The highest BCUT2D eigenvalue weighted by atomic mass is 16.4.